The van der Waals surface area contributed by atoms with Gasteiger partial charge in [-0.05, 0) is 73.9 Å². The molecule has 0 unspecified atom stereocenters. The van der Waals surface area contributed by atoms with Crippen LogP contribution in [0.2, 0.25) is 0 Å². The Bertz CT molecular complexity index is 711. The van der Waals surface area contributed by atoms with E-state index in [1.54, 1.807) is 0 Å². The summed E-state index contributed by atoms with van der Waals surface area (Å²) < 4.78 is 11.6. The lowest BCUT2D eigenvalue weighted by molar-refractivity contribution is 0.276. The summed E-state index contributed by atoms with van der Waals surface area (Å²) in [5.41, 5.74) is 3.94. The minimum Gasteiger partial charge on any atom is -0.493 e. The molecule has 1 N–H and O–H groups in total. The maximum absolute atomic E-state index is 5.92. The van der Waals surface area contributed by atoms with Gasteiger partial charge >= 0.3 is 0 Å². The number of benzene rings is 1. The van der Waals surface area contributed by atoms with Crippen LogP contribution in [0.5, 0.6) is 11.5 Å². The van der Waals surface area contributed by atoms with Gasteiger partial charge in [-0.1, -0.05) is 12.1 Å². The van der Waals surface area contributed by atoms with Gasteiger partial charge < -0.3 is 14.8 Å². The standard InChI is InChI=1S/C21H26N2O2/c1-4-19(23-9-1)15-25-20-12-17(13-22-14-20)6-5-16-7-8-21-18(11-16)3-2-10-24-21/h7-8,11-14,19,23H,1-6,9-10,15H2/t19-/m0/s1. The first-order valence-corrected chi connectivity index (χ1v) is 9.41. The first-order chi connectivity index (χ1) is 12.4. The van der Waals surface area contributed by atoms with Crippen molar-refractivity contribution in [1.82, 2.24) is 10.3 Å². The third-order valence-corrected chi connectivity index (χ3v) is 5.06. The Hall–Kier alpha value is -2.07. The highest BCUT2D eigenvalue weighted by Gasteiger charge is 2.14. The largest absolute Gasteiger partial charge is 0.493 e. The Morgan fingerprint density at radius 3 is 3.00 bits per heavy atom. The van der Waals surface area contributed by atoms with Crippen LogP contribution < -0.4 is 14.8 Å². The van der Waals surface area contributed by atoms with Gasteiger partial charge in [0, 0.05) is 12.2 Å². The molecule has 1 aromatic heterocycles. The normalized spacial score (nSPS) is 19.3. The minimum absolute atomic E-state index is 0.487. The Kier molecular flexibility index (Phi) is 5.17. The smallest absolute Gasteiger partial charge is 0.137 e. The number of fused-ring (bicyclic) bond motifs is 1. The second-order valence-corrected chi connectivity index (χ2v) is 7.03. The van der Waals surface area contributed by atoms with E-state index >= 15 is 0 Å². The molecular formula is C21H26N2O2. The lowest BCUT2D eigenvalue weighted by Crippen LogP contribution is -2.28. The van der Waals surface area contributed by atoms with Crippen molar-refractivity contribution >= 4 is 0 Å². The molecule has 0 bridgehead atoms. The monoisotopic (exact) mass is 338 g/mol. The van der Waals surface area contributed by atoms with Crippen LogP contribution >= 0.6 is 0 Å². The Morgan fingerprint density at radius 2 is 2.08 bits per heavy atom. The summed E-state index contributed by atoms with van der Waals surface area (Å²) in [7, 11) is 0. The minimum atomic E-state index is 0.487. The van der Waals surface area contributed by atoms with Crippen molar-refractivity contribution in [3.8, 4) is 11.5 Å². The molecule has 1 aromatic carbocycles. The lowest BCUT2D eigenvalue weighted by atomic mass is 9.99. The number of nitrogens with one attached hydrogen (secondary N) is 1. The molecule has 1 fully saturated rings. The van der Waals surface area contributed by atoms with Crippen molar-refractivity contribution in [3.63, 3.8) is 0 Å². The van der Waals surface area contributed by atoms with Crippen LogP contribution in [-0.4, -0.2) is 30.8 Å². The maximum Gasteiger partial charge on any atom is 0.137 e. The first kappa shape index (κ1) is 16.4. The Balaban J connectivity index is 1.33. The van der Waals surface area contributed by atoms with Crippen molar-refractivity contribution in [2.75, 3.05) is 19.8 Å². The number of rotatable bonds is 6. The fourth-order valence-electron chi connectivity index (χ4n) is 3.63. The van der Waals surface area contributed by atoms with Crippen LogP contribution in [0.15, 0.2) is 36.7 Å². The second kappa shape index (κ2) is 7.87. The number of hydrogen-bond acceptors (Lipinski definition) is 4. The van der Waals surface area contributed by atoms with Crippen molar-refractivity contribution in [2.24, 2.45) is 0 Å². The second-order valence-electron chi connectivity index (χ2n) is 7.03. The van der Waals surface area contributed by atoms with Gasteiger partial charge in [0.05, 0.1) is 12.8 Å². The predicted octanol–water partition coefficient (Wildman–Crippen LogP) is 3.32. The summed E-state index contributed by atoms with van der Waals surface area (Å²) in [6.45, 7) is 2.69. The van der Waals surface area contributed by atoms with Crippen molar-refractivity contribution < 1.29 is 9.47 Å². The number of hydrogen-bond donors (Lipinski definition) is 1. The number of aryl methyl sites for hydroxylation is 3. The van der Waals surface area contributed by atoms with E-state index in [0.29, 0.717) is 6.04 Å². The van der Waals surface area contributed by atoms with Crippen LogP contribution in [0.4, 0.5) is 0 Å². The van der Waals surface area contributed by atoms with Gasteiger partial charge in [0.15, 0.2) is 0 Å². The summed E-state index contributed by atoms with van der Waals surface area (Å²) in [5.74, 6) is 1.94. The highest BCUT2D eigenvalue weighted by Crippen LogP contribution is 2.26. The highest BCUT2D eigenvalue weighted by molar-refractivity contribution is 5.39. The van der Waals surface area contributed by atoms with E-state index in [2.05, 4.69) is 34.6 Å². The van der Waals surface area contributed by atoms with Gasteiger partial charge in [0.2, 0.25) is 0 Å². The van der Waals surface area contributed by atoms with E-state index in [0.717, 1.165) is 56.9 Å². The number of ether oxygens (including phenoxy) is 2. The van der Waals surface area contributed by atoms with E-state index in [4.69, 9.17) is 9.47 Å². The zero-order valence-electron chi connectivity index (χ0n) is 14.7. The van der Waals surface area contributed by atoms with Crippen molar-refractivity contribution in [1.29, 1.82) is 0 Å². The van der Waals surface area contributed by atoms with Crippen LogP contribution in [0.3, 0.4) is 0 Å². The molecule has 25 heavy (non-hydrogen) atoms. The van der Waals surface area contributed by atoms with Crippen LogP contribution in [0, 0.1) is 0 Å². The fourth-order valence-corrected chi connectivity index (χ4v) is 3.63. The zero-order chi connectivity index (χ0) is 16.9. The SMILES string of the molecule is c1cc2c(cc1CCc1cncc(OC[C@@H]3CCCN3)c1)CCCO2. The summed E-state index contributed by atoms with van der Waals surface area (Å²) in [4.78, 5) is 4.35. The van der Waals surface area contributed by atoms with E-state index in [9.17, 15) is 0 Å². The van der Waals surface area contributed by atoms with Gasteiger partial charge in [-0.3, -0.25) is 4.98 Å². The number of aromatic nitrogens is 1. The highest BCUT2D eigenvalue weighted by atomic mass is 16.5. The molecular weight excluding hydrogens is 312 g/mol. The molecule has 4 heteroatoms. The van der Waals surface area contributed by atoms with Gasteiger partial charge in [-0.15, -0.1) is 0 Å². The van der Waals surface area contributed by atoms with E-state index in [1.807, 2.05) is 12.4 Å². The van der Waals surface area contributed by atoms with E-state index in [1.165, 1.54) is 29.5 Å². The Labute approximate surface area is 149 Å². The molecule has 4 rings (SSSR count). The lowest BCUT2D eigenvalue weighted by Gasteiger charge is -2.18. The number of pyridine rings is 1. The molecule has 0 saturated carbocycles. The van der Waals surface area contributed by atoms with Crippen molar-refractivity contribution in [3.05, 3.63) is 53.3 Å². The zero-order valence-corrected chi connectivity index (χ0v) is 14.7. The third-order valence-electron chi connectivity index (χ3n) is 5.06. The average Bonchev–Trinajstić information content (AvgIpc) is 3.19. The first-order valence-electron chi connectivity index (χ1n) is 9.41. The van der Waals surface area contributed by atoms with Gasteiger partial charge in [0.1, 0.15) is 18.1 Å². The van der Waals surface area contributed by atoms with Gasteiger partial charge in [0.25, 0.3) is 0 Å². The summed E-state index contributed by atoms with van der Waals surface area (Å²) >= 11 is 0. The molecule has 0 aliphatic carbocycles. The molecule has 1 saturated heterocycles. The molecule has 1 atom stereocenters. The summed E-state index contributed by atoms with van der Waals surface area (Å²) in [6.07, 6.45) is 10.5. The summed E-state index contributed by atoms with van der Waals surface area (Å²) in [6, 6.07) is 9.22. The summed E-state index contributed by atoms with van der Waals surface area (Å²) in [5, 5.41) is 3.46. The fraction of sp³-hybridized carbons (Fsp3) is 0.476. The molecule has 132 valence electrons. The van der Waals surface area contributed by atoms with E-state index < -0.39 is 0 Å². The molecule has 2 aliphatic heterocycles. The van der Waals surface area contributed by atoms with Crippen LogP contribution in [-0.2, 0) is 19.3 Å². The molecule has 0 amide bonds. The molecule has 0 spiro atoms. The van der Waals surface area contributed by atoms with Crippen LogP contribution in [0.25, 0.3) is 0 Å². The van der Waals surface area contributed by atoms with Crippen LogP contribution in [0.1, 0.15) is 36.0 Å². The predicted molar refractivity (Wildman–Crippen MR) is 98.4 cm³/mol. The topological polar surface area (TPSA) is 43.4 Å². The van der Waals surface area contributed by atoms with Crippen molar-refractivity contribution in [2.45, 2.75) is 44.6 Å². The van der Waals surface area contributed by atoms with Gasteiger partial charge in [-0.25, -0.2) is 0 Å². The third kappa shape index (κ3) is 4.31. The van der Waals surface area contributed by atoms with E-state index in [-0.39, 0.29) is 0 Å². The molecule has 2 aliphatic rings. The average molecular weight is 338 g/mol. The molecule has 0 radical (unpaired) electrons. The quantitative estimate of drug-likeness (QED) is 0.877. The maximum atomic E-state index is 5.92. The molecule has 4 nitrogen and oxygen atoms in total. The molecule has 3 heterocycles. The molecule has 2 aromatic rings. The van der Waals surface area contributed by atoms with Gasteiger partial charge in [-0.2, -0.15) is 0 Å². The number of nitrogens with zero attached hydrogens (tertiary/aromatic N) is 1. The Morgan fingerprint density at radius 1 is 1.12 bits per heavy atom.